The van der Waals surface area contributed by atoms with Crippen LogP contribution in [0.5, 0.6) is 0 Å². The Labute approximate surface area is 271 Å². The monoisotopic (exact) mass is 608 g/mol. The fraction of sp³-hybridized carbons (Fsp3) is 0.220. The molecule has 5 nitrogen and oxygen atoms in total. The molecule has 46 heavy (non-hydrogen) atoms. The van der Waals surface area contributed by atoms with Crippen LogP contribution >= 0.6 is 0 Å². The Hall–Kier alpha value is -5.00. The quantitative estimate of drug-likeness (QED) is 0.0847. The van der Waals surface area contributed by atoms with Gasteiger partial charge in [0.05, 0.1) is 6.04 Å². The zero-order chi connectivity index (χ0) is 31.9. The maximum atomic E-state index is 13.8. The normalized spacial score (nSPS) is 13.3. The summed E-state index contributed by atoms with van der Waals surface area (Å²) in [6, 6.07) is 42.5. The smallest absolute Gasteiger partial charge is 0.407 e. The van der Waals surface area contributed by atoms with Crippen LogP contribution in [0.4, 0.5) is 4.79 Å². The van der Waals surface area contributed by atoms with Gasteiger partial charge < -0.3 is 15.8 Å². The Balaban J connectivity index is 1.17. The van der Waals surface area contributed by atoms with Crippen LogP contribution in [-0.4, -0.2) is 31.1 Å². The van der Waals surface area contributed by atoms with Crippen molar-refractivity contribution in [3.05, 3.63) is 166 Å². The third kappa shape index (κ3) is 6.80. The van der Waals surface area contributed by atoms with Gasteiger partial charge in [0, 0.05) is 17.4 Å². The minimum absolute atomic E-state index is 0.0326. The number of ketones is 1. The molecule has 0 aromatic heterocycles. The van der Waals surface area contributed by atoms with E-state index in [1.165, 1.54) is 27.8 Å². The van der Waals surface area contributed by atoms with Crippen molar-refractivity contribution < 1.29 is 14.3 Å². The molecule has 0 saturated heterocycles. The van der Waals surface area contributed by atoms with Gasteiger partial charge in [0.25, 0.3) is 0 Å². The number of ether oxygens (including phenoxy) is 1. The predicted octanol–water partition coefficient (Wildman–Crippen LogP) is 8.39. The van der Waals surface area contributed by atoms with Gasteiger partial charge in [0.1, 0.15) is 6.61 Å². The molecule has 1 aliphatic rings. The number of amides is 1. The first-order valence-corrected chi connectivity index (χ1v) is 16.1. The summed E-state index contributed by atoms with van der Waals surface area (Å²) in [7, 11) is 0. The first-order chi connectivity index (χ1) is 22.5. The molecular formula is C41H40N2O3. The number of aryl methyl sites for hydroxylation is 1. The Morgan fingerprint density at radius 1 is 0.696 bits per heavy atom. The second-order valence-corrected chi connectivity index (χ2v) is 12.0. The SMILES string of the molecule is Cc1ccc(C(c2ccccc2)c2ccc(C(=O)[C@H](CCCCN)NC(=O)OCC3c4ccccc4-c4ccccc43)cc2)cc1. The molecule has 0 radical (unpaired) electrons. The highest BCUT2D eigenvalue weighted by atomic mass is 16.5. The maximum Gasteiger partial charge on any atom is 0.407 e. The summed E-state index contributed by atoms with van der Waals surface area (Å²) in [5.74, 6) is -0.155. The van der Waals surface area contributed by atoms with E-state index >= 15 is 0 Å². The highest BCUT2D eigenvalue weighted by molar-refractivity contribution is 6.01. The van der Waals surface area contributed by atoms with E-state index in [0.29, 0.717) is 18.5 Å². The lowest BCUT2D eigenvalue weighted by Gasteiger charge is -2.21. The average molecular weight is 609 g/mol. The molecule has 232 valence electrons. The van der Waals surface area contributed by atoms with Crippen molar-refractivity contribution in [1.29, 1.82) is 0 Å². The summed E-state index contributed by atoms with van der Waals surface area (Å²) in [6.07, 6.45) is 1.38. The summed E-state index contributed by atoms with van der Waals surface area (Å²) < 4.78 is 5.79. The lowest BCUT2D eigenvalue weighted by Crippen LogP contribution is -2.41. The molecular weight excluding hydrogens is 568 g/mol. The number of alkyl carbamates (subject to hydrolysis) is 1. The zero-order valence-electron chi connectivity index (χ0n) is 26.2. The third-order valence-electron chi connectivity index (χ3n) is 8.97. The molecule has 6 rings (SSSR count). The molecule has 1 unspecified atom stereocenters. The number of hydrogen-bond acceptors (Lipinski definition) is 4. The van der Waals surface area contributed by atoms with E-state index in [0.717, 1.165) is 29.5 Å². The van der Waals surface area contributed by atoms with Crippen molar-refractivity contribution in [1.82, 2.24) is 5.32 Å². The van der Waals surface area contributed by atoms with E-state index in [1.807, 2.05) is 54.6 Å². The average Bonchev–Trinajstić information content (AvgIpc) is 3.42. The largest absolute Gasteiger partial charge is 0.449 e. The lowest BCUT2D eigenvalue weighted by atomic mass is 9.84. The van der Waals surface area contributed by atoms with Crippen molar-refractivity contribution in [2.75, 3.05) is 13.2 Å². The highest BCUT2D eigenvalue weighted by Gasteiger charge is 2.30. The molecule has 3 N–H and O–H groups in total. The molecule has 5 aromatic carbocycles. The van der Waals surface area contributed by atoms with E-state index in [9.17, 15) is 9.59 Å². The fourth-order valence-electron chi connectivity index (χ4n) is 6.57. The van der Waals surface area contributed by atoms with Crippen molar-refractivity contribution in [2.24, 2.45) is 5.73 Å². The van der Waals surface area contributed by atoms with Gasteiger partial charge >= 0.3 is 6.09 Å². The minimum Gasteiger partial charge on any atom is -0.449 e. The molecule has 0 spiro atoms. The lowest BCUT2D eigenvalue weighted by molar-refractivity contribution is 0.0912. The Morgan fingerprint density at radius 2 is 1.24 bits per heavy atom. The molecule has 2 atom stereocenters. The molecule has 0 bridgehead atoms. The van der Waals surface area contributed by atoms with Gasteiger partial charge in [0.2, 0.25) is 0 Å². The molecule has 5 aromatic rings. The number of rotatable bonds is 12. The molecule has 1 amide bonds. The first kappa shape index (κ1) is 31.0. The van der Waals surface area contributed by atoms with Crippen molar-refractivity contribution in [2.45, 2.75) is 44.1 Å². The van der Waals surface area contributed by atoms with Gasteiger partial charge in [-0.05, 0) is 71.7 Å². The second-order valence-electron chi connectivity index (χ2n) is 12.0. The van der Waals surface area contributed by atoms with E-state index in [4.69, 9.17) is 10.5 Å². The van der Waals surface area contributed by atoms with E-state index in [2.05, 4.69) is 85.0 Å². The number of Topliss-reactive ketones (excluding diaryl/α,β-unsaturated/α-hetero) is 1. The van der Waals surface area contributed by atoms with Gasteiger partial charge in [-0.1, -0.05) is 133 Å². The van der Waals surface area contributed by atoms with Crippen LogP contribution in [0.3, 0.4) is 0 Å². The Kier molecular flexibility index (Phi) is 9.70. The van der Waals surface area contributed by atoms with E-state index in [-0.39, 0.29) is 24.2 Å². The van der Waals surface area contributed by atoms with Crippen molar-refractivity contribution in [3.63, 3.8) is 0 Å². The molecule has 5 heteroatoms. The summed E-state index contributed by atoms with van der Waals surface area (Å²) >= 11 is 0. The number of benzene rings is 5. The summed E-state index contributed by atoms with van der Waals surface area (Å²) in [6.45, 7) is 2.81. The van der Waals surface area contributed by atoms with Crippen LogP contribution in [0.1, 0.15) is 74.8 Å². The van der Waals surface area contributed by atoms with Crippen molar-refractivity contribution >= 4 is 11.9 Å². The number of nitrogens with two attached hydrogens (primary N) is 1. The third-order valence-corrected chi connectivity index (χ3v) is 8.97. The maximum absolute atomic E-state index is 13.8. The number of fused-ring (bicyclic) bond motifs is 3. The highest BCUT2D eigenvalue weighted by Crippen LogP contribution is 2.44. The summed E-state index contributed by atoms with van der Waals surface area (Å²) in [5, 5.41) is 2.89. The summed E-state index contributed by atoms with van der Waals surface area (Å²) in [4.78, 5) is 27.0. The number of unbranched alkanes of at least 4 members (excludes halogenated alkanes) is 1. The van der Waals surface area contributed by atoms with Crippen LogP contribution in [0.2, 0.25) is 0 Å². The Morgan fingerprint density at radius 3 is 1.85 bits per heavy atom. The fourth-order valence-corrected chi connectivity index (χ4v) is 6.57. The van der Waals surface area contributed by atoms with Gasteiger partial charge in [-0.15, -0.1) is 0 Å². The van der Waals surface area contributed by atoms with Crippen LogP contribution in [0, 0.1) is 6.92 Å². The Bertz CT molecular complexity index is 1740. The van der Waals surface area contributed by atoms with Crippen LogP contribution in [-0.2, 0) is 4.74 Å². The zero-order valence-corrected chi connectivity index (χ0v) is 26.2. The number of carbonyl (C=O) groups is 2. The number of nitrogens with one attached hydrogen (secondary N) is 1. The van der Waals surface area contributed by atoms with E-state index in [1.54, 1.807) is 0 Å². The van der Waals surface area contributed by atoms with Gasteiger partial charge in [-0.3, -0.25) is 4.79 Å². The van der Waals surface area contributed by atoms with E-state index < -0.39 is 12.1 Å². The van der Waals surface area contributed by atoms with Gasteiger partial charge in [-0.25, -0.2) is 4.79 Å². The molecule has 0 saturated carbocycles. The topological polar surface area (TPSA) is 81.4 Å². The number of hydrogen-bond donors (Lipinski definition) is 2. The molecule has 1 aliphatic carbocycles. The molecule has 0 aliphatic heterocycles. The molecule has 0 heterocycles. The number of carbonyl (C=O) groups excluding carboxylic acids is 2. The van der Waals surface area contributed by atoms with Crippen LogP contribution < -0.4 is 11.1 Å². The predicted molar refractivity (Wildman–Crippen MR) is 184 cm³/mol. The van der Waals surface area contributed by atoms with Gasteiger partial charge in [0.15, 0.2) is 5.78 Å². The van der Waals surface area contributed by atoms with Crippen LogP contribution in [0.25, 0.3) is 11.1 Å². The van der Waals surface area contributed by atoms with Crippen molar-refractivity contribution in [3.8, 4) is 11.1 Å². The summed E-state index contributed by atoms with van der Waals surface area (Å²) in [5.41, 5.74) is 15.6. The second kappa shape index (κ2) is 14.4. The standard InChI is InChI=1S/C41H40N2O3/c1-28-18-20-30(21-19-28)39(29-11-3-2-4-12-29)31-22-24-32(25-23-31)40(44)38(17-9-10-26-42)43-41(45)46-27-37-35-15-7-5-13-33(35)34-14-6-8-16-36(34)37/h2-8,11-16,18-25,37-39H,9-10,17,26-27,42H2,1H3,(H,43,45)/t38-,39?/m0/s1. The minimum atomic E-state index is -0.713. The molecule has 0 fully saturated rings. The van der Waals surface area contributed by atoms with Crippen LogP contribution in [0.15, 0.2) is 127 Å². The van der Waals surface area contributed by atoms with Gasteiger partial charge in [-0.2, -0.15) is 0 Å². The first-order valence-electron chi connectivity index (χ1n) is 16.1.